The van der Waals surface area contributed by atoms with E-state index in [1.54, 1.807) is 19.1 Å². The Bertz CT molecular complexity index is 444. The van der Waals surface area contributed by atoms with Crippen LogP contribution in [0.3, 0.4) is 0 Å². The molecule has 5 nitrogen and oxygen atoms in total. The molecule has 0 bridgehead atoms. The first-order chi connectivity index (χ1) is 8.74. The van der Waals surface area contributed by atoms with Gasteiger partial charge in [0.15, 0.2) is 0 Å². The third-order valence-corrected chi connectivity index (χ3v) is 3.59. The van der Waals surface area contributed by atoms with Gasteiger partial charge in [0.25, 0.3) is 5.69 Å². The van der Waals surface area contributed by atoms with Crippen LogP contribution < -0.4 is 5.32 Å². The van der Waals surface area contributed by atoms with Crippen LogP contribution in [0.15, 0.2) is 24.3 Å². The van der Waals surface area contributed by atoms with Gasteiger partial charge in [0.05, 0.1) is 10.5 Å². The Labute approximate surface area is 113 Å². The molecule has 0 saturated heterocycles. The fraction of sp³-hybridized carbons (Fsp3) is 0.571. The smallest absolute Gasteiger partial charge is 0.269 e. The predicted octanol–water partition coefficient (Wildman–Crippen LogP) is 2.65. The van der Waals surface area contributed by atoms with Gasteiger partial charge in [0.1, 0.15) is 0 Å². The van der Waals surface area contributed by atoms with Crippen molar-refractivity contribution in [2.75, 3.05) is 6.54 Å². The summed E-state index contributed by atoms with van der Waals surface area (Å²) >= 11 is 0. The molecule has 2 unspecified atom stereocenters. The monoisotopic (exact) mass is 266 g/mol. The summed E-state index contributed by atoms with van der Waals surface area (Å²) in [4.78, 5) is 10.3. The molecule has 0 fully saturated rings. The molecule has 0 spiro atoms. The highest BCUT2D eigenvalue weighted by Crippen LogP contribution is 2.21. The van der Waals surface area contributed by atoms with Crippen molar-refractivity contribution in [1.29, 1.82) is 0 Å². The van der Waals surface area contributed by atoms with Crippen molar-refractivity contribution in [2.24, 2.45) is 5.92 Å². The summed E-state index contributed by atoms with van der Waals surface area (Å²) in [7, 11) is 0. The lowest BCUT2D eigenvalue weighted by Crippen LogP contribution is -2.42. The van der Waals surface area contributed by atoms with Crippen molar-refractivity contribution in [3.05, 3.63) is 39.9 Å². The minimum absolute atomic E-state index is 0.0508. The number of nitrogens with zero attached hydrogens (tertiary/aromatic N) is 1. The molecular formula is C14H22N2O3. The number of nitrogens with one attached hydrogen (secondary N) is 1. The SMILES string of the molecule is CC(NCC(C)(O)C(C)C)c1cccc([N+](=O)[O-])c1. The van der Waals surface area contributed by atoms with Gasteiger partial charge >= 0.3 is 0 Å². The van der Waals surface area contributed by atoms with Crippen LogP contribution in [0.2, 0.25) is 0 Å². The molecule has 0 aliphatic carbocycles. The number of rotatable bonds is 6. The van der Waals surface area contributed by atoms with Crippen LogP contribution in [0, 0.1) is 16.0 Å². The van der Waals surface area contributed by atoms with E-state index in [-0.39, 0.29) is 17.6 Å². The Kier molecular flexibility index (Phi) is 5.03. The van der Waals surface area contributed by atoms with Gasteiger partial charge in [-0.3, -0.25) is 10.1 Å². The molecule has 19 heavy (non-hydrogen) atoms. The highest BCUT2D eigenvalue weighted by atomic mass is 16.6. The lowest BCUT2D eigenvalue weighted by molar-refractivity contribution is -0.384. The zero-order valence-electron chi connectivity index (χ0n) is 11.9. The summed E-state index contributed by atoms with van der Waals surface area (Å²) in [5, 5.41) is 24.1. The predicted molar refractivity (Wildman–Crippen MR) is 75.0 cm³/mol. The van der Waals surface area contributed by atoms with Gasteiger partial charge in [-0.25, -0.2) is 0 Å². The van der Waals surface area contributed by atoms with E-state index >= 15 is 0 Å². The van der Waals surface area contributed by atoms with Crippen LogP contribution in [0.25, 0.3) is 0 Å². The third kappa shape index (κ3) is 4.29. The number of benzene rings is 1. The first-order valence-corrected chi connectivity index (χ1v) is 6.44. The minimum Gasteiger partial charge on any atom is -0.389 e. The average molecular weight is 266 g/mol. The molecule has 106 valence electrons. The molecule has 0 saturated carbocycles. The topological polar surface area (TPSA) is 75.4 Å². The molecule has 1 rings (SSSR count). The fourth-order valence-electron chi connectivity index (χ4n) is 1.59. The highest BCUT2D eigenvalue weighted by Gasteiger charge is 2.25. The van der Waals surface area contributed by atoms with E-state index in [2.05, 4.69) is 5.32 Å². The van der Waals surface area contributed by atoms with Crippen LogP contribution >= 0.6 is 0 Å². The quantitative estimate of drug-likeness (QED) is 0.613. The minimum atomic E-state index is -0.797. The van der Waals surface area contributed by atoms with Gasteiger partial charge in [-0.15, -0.1) is 0 Å². The lowest BCUT2D eigenvalue weighted by Gasteiger charge is -2.29. The Morgan fingerprint density at radius 3 is 2.58 bits per heavy atom. The number of nitro groups is 1. The van der Waals surface area contributed by atoms with Gasteiger partial charge in [-0.05, 0) is 25.3 Å². The number of nitro benzene ring substituents is 1. The standard InChI is InChI=1S/C14H22N2O3/c1-10(2)14(4,17)9-15-11(3)12-6-5-7-13(8-12)16(18)19/h5-8,10-11,15,17H,9H2,1-4H3. The van der Waals surface area contributed by atoms with E-state index in [0.717, 1.165) is 5.56 Å². The average Bonchev–Trinajstić information content (AvgIpc) is 2.36. The summed E-state index contributed by atoms with van der Waals surface area (Å²) in [5.74, 6) is 0.136. The normalized spacial score (nSPS) is 16.1. The molecule has 0 aliphatic heterocycles. The van der Waals surface area contributed by atoms with Crippen LogP contribution in [-0.2, 0) is 0 Å². The van der Waals surface area contributed by atoms with Crippen molar-refractivity contribution in [3.8, 4) is 0 Å². The largest absolute Gasteiger partial charge is 0.389 e. The van der Waals surface area contributed by atoms with Crippen molar-refractivity contribution < 1.29 is 10.0 Å². The molecule has 2 N–H and O–H groups in total. The second-order valence-corrected chi connectivity index (χ2v) is 5.47. The Hall–Kier alpha value is -1.46. The summed E-state index contributed by atoms with van der Waals surface area (Å²) in [6.45, 7) is 8.06. The Morgan fingerprint density at radius 2 is 2.05 bits per heavy atom. The molecule has 1 aromatic carbocycles. The van der Waals surface area contributed by atoms with Crippen LogP contribution in [0.4, 0.5) is 5.69 Å². The molecule has 0 heterocycles. The number of hydrogen-bond acceptors (Lipinski definition) is 4. The maximum atomic E-state index is 10.7. The third-order valence-electron chi connectivity index (χ3n) is 3.59. The first kappa shape index (κ1) is 15.6. The van der Waals surface area contributed by atoms with Gasteiger partial charge in [0.2, 0.25) is 0 Å². The Morgan fingerprint density at radius 1 is 1.42 bits per heavy atom. The number of aliphatic hydroxyl groups is 1. The van der Waals surface area contributed by atoms with Gasteiger partial charge < -0.3 is 10.4 Å². The van der Waals surface area contributed by atoms with Crippen molar-refractivity contribution in [2.45, 2.75) is 39.3 Å². The molecule has 0 radical (unpaired) electrons. The molecule has 0 amide bonds. The second-order valence-electron chi connectivity index (χ2n) is 5.47. The summed E-state index contributed by atoms with van der Waals surface area (Å²) in [6, 6.07) is 6.49. The zero-order chi connectivity index (χ0) is 14.6. The summed E-state index contributed by atoms with van der Waals surface area (Å²) < 4.78 is 0. The van der Waals surface area contributed by atoms with Crippen molar-refractivity contribution >= 4 is 5.69 Å². The second kappa shape index (κ2) is 6.12. The van der Waals surface area contributed by atoms with Crippen LogP contribution in [0.1, 0.15) is 39.3 Å². The van der Waals surface area contributed by atoms with Crippen molar-refractivity contribution in [1.82, 2.24) is 5.32 Å². The maximum Gasteiger partial charge on any atom is 0.269 e. The number of non-ortho nitro benzene ring substituents is 1. The maximum absolute atomic E-state index is 10.7. The molecule has 0 aromatic heterocycles. The van der Waals surface area contributed by atoms with Crippen molar-refractivity contribution in [3.63, 3.8) is 0 Å². The lowest BCUT2D eigenvalue weighted by atomic mass is 9.92. The molecular weight excluding hydrogens is 244 g/mol. The van der Waals surface area contributed by atoms with Crippen LogP contribution in [0.5, 0.6) is 0 Å². The Balaban J connectivity index is 2.71. The van der Waals surface area contributed by atoms with E-state index in [1.165, 1.54) is 6.07 Å². The van der Waals surface area contributed by atoms with E-state index in [0.29, 0.717) is 6.54 Å². The molecule has 2 atom stereocenters. The number of hydrogen-bond donors (Lipinski definition) is 2. The fourth-order valence-corrected chi connectivity index (χ4v) is 1.59. The molecule has 0 aliphatic rings. The van der Waals surface area contributed by atoms with E-state index in [9.17, 15) is 15.2 Å². The van der Waals surface area contributed by atoms with E-state index < -0.39 is 10.5 Å². The summed E-state index contributed by atoms with van der Waals surface area (Å²) in [5.41, 5.74) is 0.130. The molecule has 5 heteroatoms. The summed E-state index contributed by atoms with van der Waals surface area (Å²) in [6.07, 6.45) is 0. The van der Waals surface area contributed by atoms with Gasteiger partial charge in [0, 0.05) is 24.7 Å². The van der Waals surface area contributed by atoms with E-state index in [4.69, 9.17) is 0 Å². The zero-order valence-corrected chi connectivity index (χ0v) is 11.9. The first-order valence-electron chi connectivity index (χ1n) is 6.44. The molecule has 1 aromatic rings. The van der Waals surface area contributed by atoms with E-state index in [1.807, 2.05) is 26.8 Å². The van der Waals surface area contributed by atoms with Gasteiger partial charge in [-0.1, -0.05) is 26.0 Å². The van der Waals surface area contributed by atoms with Crippen LogP contribution in [-0.4, -0.2) is 22.2 Å². The van der Waals surface area contributed by atoms with Gasteiger partial charge in [-0.2, -0.15) is 0 Å². The highest BCUT2D eigenvalue weighted by molar-refractivity contribution is 5.35.